The zero-order valence-corrected chi connectivity index (χ0v) is 19.5. The lowest BCUT2D eigenvalue weighted by Gasteiger charge is -2.12. The molecular weight excluding hydrogens is 420 g/mol. The Morgan fingerprint density at radius 2 is 1.91 bits per heavy atom. The summed E-state index contributed by atoms with van der Waals surface area (Å²) < 4.78 is 11.6. The van der Waals surface area contributed by atoms with E-state index in [1.165, 1.54) is 4.88 Å². The summed E-state index contributed by atoms with van der Waals surface area (Å²) in [5.74, 6) is 0.450. The molecule has 0 atom stereocenters. The summed E-state index contributed by atoms with van der Waals surface area (Å²) in [7, 11) is 0. The molecule has 1 N–H and O–H groups in total. The van der Waals surface area contributed by atoms with Crippen LogP contribution in [0.2, 0.25) is 0 Å². The minimum Gasteiger partial charge on any atom is -0.489 e. The minimum atomic E-state index is -0.933. The number of ether oxygens (including phenoxy) is 2. The summed E-state index contributed by atoms with van der Waals surface area (Å²) in [5.41, 5.74) is 3.97. The van der Waals surface area contributed by atoms with Crippen molar-refractivity contribution in [2.75, 3.05) is 0 Å². The van der Waals surface area contributed by atoms with Crippen LogP contribution in [0.5, 0.6) is 5.75 Å². The van der Waals surface area contributed by atoms with E-state index in [4.69, 9.17) is 9.47 Å². The quantitative estimate of drug-likeness (QED) is 0.334. The zero-order valence-electron chi connectivity index (χ0n) is 18.7. The molecule has 32 heavy (non-hydrogen) atoms. The predicted molar refractivity (Wildman–Crippen MR) is 130 cm³/mol. The molecule has 0 fully saturated rings. The van der Waals surface area contributed by atoms with Gasteiger partial charge in [-0.05, 0) is 74.6 Å². The maximum Gasteiger partial charge on any atom is 0.336 e. The summed E-state index contributed by atoms with van der Waals surface area (Å²) in [5, 5.41) is 9.48. The van der Waals surface area contributed by atoms with Gasteiger partial charge in [0, 0.05) is 10.4 Å². The molecule has 5 heteroatoms. The summed E-state index contributed by atoms with van der Waals surface area (Å²) in [6, 6.07) is 17.4. The van der Waals surface area contributed by atoms with Crippen LogP contribution in [0.1, 0.15) is 50.1 Å². The molecule has 0 bridgehead atoms. The maximum atomic E-state index is 11.6. The third-order valence-corrected chi connectivity index (χ3v) is 6.13. The molecule has 0 saturated heterocycles. The van der Waals surface area contributed by atoms with Crippen LogP contribution in [0.3, 0.4) is 0 Å². The highest BCUT2D eigenvalue weighted by Crippen LogP contribution is 2.24. The summed E-state index contributed by atoms with van der Waals surface area (Å²) in [6.07, 6.45) is 3.46. The Labute approximate surface area is 193 Å². The molecule has 3 aromatic rings. The molecular formula is C27H28O4S. The highest BCUT2D eigenvalue weighted by Gasteiger charge is 2.13. The van der Waals surface area contributed by atoms with Crippen LogP contribution >= 0.6 is 11.3 Å². The predicted octanol–water partition coefficient (Wildman–Crippen LogP) is 7.17. The van der Waals surface area contributed by atoms with Gasteiger partial charge < -0.3 is 14.6 Å². The lowest BCUT2D eigenvalue weighted by atomic mass is 10.0. The molecule has 1 aromatic heterocycles. The van der Waals surface area contributed by atoms with Gasteiger partial charge in [-0.25, -0.2) is 4.79 Å². The molecule has 0 aliphatic carbocycles. The molecule has 1 heterocycles. The molecule has 0 amide bonds. The van der Waals surface area contributed by atoms with Crippen molar-refractivity contribution in [3.05, 3.63) is 105 Å². The van der Waals surface area contributed by atoms with Crippen LogP contribution in [0.25, 0.3) is 5.76 Å². The van der Waals surface area contributed by atoms with Crippen LogP contribution in [0.4, 0.5) is 0 Å². The molecule has 0 unspecified atom stereocenters. The Hall–Kier alpha value is -3.31. The van der Waals surface area contributed by atoms with Crippen molar-refractivity contribution in [3.63, 3.8) is 0 Å². The number of benzene rings is 2. The second-order valence-electron chi connectivity index (χ2n) is 7.77. The Kier molecular flexibility index (Phi) is 7.90. The molecule has 0 spiro atoms. The number of carbonyl (C=O) groups is 1. The van der Waals surface area contributed by atoms with E-state index in [-0.39, 0.29) is 6.61 Å². The van der Waals surface area contributed by atoms with E-state index < -0.39 is 5.97 Å². The van der Waals surface area contributed by atoms with Crippen LogP contribution in [-0.2, 0) is 17.8 Å². The SMILES string of the molecule is C=C(O/C=C(\C)CCc1cccc(OCc2cccc(C)c2C(=O)O)c1)c1ccc(C)s1. The first kappa shape index (κ1) is 23.4. The third kappa shape index (κ3) is 6.34. The molecule has 0 saturated carbocycles. The Bertz CT molecular complexity index is 1140. The fourth-order valence-corrected chi connectivity index (χ4v) is 4.10. The van der Waals surface area contributed by atoms with E-state index in [1.807, 2.05) is 37.3 Å². The summed E-state index contributed by atoms with van der Waals surface area (Å²) in [4.78, 5) is 13.8. The average Bonchev–Trinajstić information content (AvgIpc) is 3.21. The Morgan fingerprint density at radius 1 is 1.12 bits per heavy atom. The number of carboxylic acids is 1. The van der Waals surface area contributed by atoms with E-state index in [2.05, 4.69) is 25.6 Å². The van der Waals surface area contributed by atoms with Crippen molar-refractivity contribution in [2.24, 2.45) is 0 Å². The smallest absolute Gasteiger partial charge is 0.336 e. The number of carboxylic acid groups (broad SMARTS) is 1. The van der Waals surface area contributed by atoms with Gasteiger partial charge in [-0.3, -0.25) is 0 Å². The van der Waals surface area contributed by atoms with Gasteiger partial charge in [-0.1, -0.05) is 36.9 Å². The number of hydrogen-bond acceptors (Lipinski definition) is 4. The first-order valence-electron chi connectivity index (χ1n) is 10.4. The molecule has 0 radical (unpaired) electrons. The molecule has 2 aromatic carbocycles. The van der Waals surface area contributed by atoms with Gasteiger partial charge >= 0.3 is 5.97 Å². The first-order chi connectivity index (χ1) is 15.3. The monoisotopic (exact) mass is 448 g/mol. The van der Waals surface area contributed by atoms with E-state index in [0.717, 1.165) is 40.2 Å². The second-order valence-corrected chi connectivity index (χ2v) is 9.05. The topological polar surface area (TPSA) is 55.8 Å². The number of aromatic carboxylic acids is 1. The van der Waals surface area contributed by atoms with Gasteiger partial charge in [0.1, 0.15) is 18.1 Å². The largest absolute Gasteiger partial charge is 0.489 e. The summed E-state index contributed by atoms with van der Waals surface area (Å²) >= 11 is 1.67. The number of aryl methyl sites for hydroxylation is 3. The molecule has 3 rings (SSSR count). The van der Waals surface area contributed by atoms with Crippen molar-refractivity contribution >= 4 is 23.1 Å². The van der Waals surface area contributed by atoms with Crippen molar-refractivity contribution in [1.29, 1.82) is 0 Å². The van der Waals surface area contributed by atoms with E-state index in [0.29, 0.717) is 16.9 Å². The van der Waals surface area contributed by atoms with Gasteiger partial charge in [0.15, 0.2) is 0 Å². The van der Waals surface area contributed by atoms with Crippen molar-refractivity contribution in [1.82, 2.24) is 0 Å². The maximum absolute atomic E-state index is 11.6. The molecule has 166 valence electrons. The molecule has 0 aliphatic rings. The average molecular weight is 449 g/mol. The fourth-order valence-electron chi connectivity index (χ4n) is 3.32. The third-order valence-electron chi connectivity index (χ3n) is 5.09. The molecule has 4 nitrogen and oxygen atoms in total. The van der Waals surface area contributed by atoms with E-state index in [9.17, 15) is 9.90 Å². The summed E-state index contributed by atoms with van der Waals surface area (Å²) in [6.45, 7) is 10.1. The Balaban J connectivity index is 1.55. The lowest BCUT2D eigenvalue weighted by molar-refractivity contribution is 0.0693. The highest BCUT2D eigenvalue weighted by molar-refractivity contribution is 7.12. The van der Waals surface area contributed by atoms with Crippen LogP contribution < -0.4 is 4.74 Å². The fraction of sp³-hybridized carbons (Fsp3) is 0.222. The van der Waals surface area contributed by atoms with Crippen molar-refractivity contribution < 1.29 is 19.4 Å². The van der Waals surface area contributed by atoms with E-state index in [1.54, 1.807) is 36.7 Å². The van der Waals surface area contributed by atoms with Gasteiger partial charge in [0.05, 0.1) is 16.7 Å². The molecule has 0 aliphatic heterocycles. The van der Waals surface area contributed by atoms with Crippen LogP contribution in [0.15, 0.2) is 73.0 Å². The van der Waals surface area contributed by atoms with Crippen LogP contribution in [0, 0.1) is 13.8 Å². The number of rotatable bonds is 10. The van der Waals surface area contributed by atoms with Crippen LogP contribution in [-0.4, -0.2) is 11.1 Å². The van der Waals surface area contributed by atoms with Gasteiger partial charge in [0.25, 0.3) is 0 Å². The number of allylic oxidation sites excluding steroid dienone is 1. The zero-order chi connectivity index (χ0) is 23.1. The standard InChI is InChI=1S/C27H28O4S/c1-18(16-30-21(4)25-14-12-20(3)32-25)11-13-22-8-6-10-24(15-22)31-17-23-9-5-7-19(2)26(23)27(28)29/h5-10,12,14-16H,4,11,13,17H2,1-3H3,(H,28,29)/b18-16+. The van der Waals surface area contributed by atoms with Gasteiger partial charge in [-0.15, -0.1) is 11.3 Å². The van der Waals surface area contributed by atoms with E-state index >= 15 is 0 Å². The Morgan fingerprint density at radius 3 is 2.62 bits per heavy atom. The van der Waals surface area contributed by atoms with Gasteiger partial charge in [-0.2, -0.15) is 0 Å². The van der Waals surface area contributed by atoms with Crippen molar-refractivity contribution in [2.45, 2.75) is 40.2 Å². The number of hydrogen-bond donors (Lipinski definition) is 1. The number of thiophene rings is 1. The lowest BCUT2D eigenvalue weighted by Crippen LogP contribution is -2.08. The van der Waals surface area contributed by atoms with Gasteiger partial charge in [0.2, 0.25) is 0 Å². The normalized spacial score (nSPS) is 11.3. The van der Waals surface area contributed by atoms with Crippen molar-refractivity contribution in [3.8, 4) is 5.75 Å². The second kappa shape index (κ2) is 10.8. The highest BCUT2D eigenvalue weighted by atomic mass is 32.1. The first-order valence-corrected chi connectivity index (χ1v) is 11.3. The minimum absolute atomic E-state index is 0.212.